The highest BCUT2D eigenvalue weighted by molar-refractivity contribution is 9.10. The molecule has 3 heterocycles. The Kier molecular flexibility index (Phi) is 4.54. The van der Waals surface area contributed by atoms with Crippen molar-refractivity contribution in [3.05, 3.63) is 66.2 Å². The minimum Gasteiger partial charge on any atom is -0.464 e. The summed E-state index contributed by atoms with van der Waals surface area (Å²) in [6.45, 7) is 2.08. The van der Waals surface area contributed by atoms with Crippen molar-refractivity contribution >= 4 is 65.7 Å². The normalized spacial score (nSPS) is 15.4. The fraction of sp³-hybridized carbons (Fsp3) is 0.150. The van der Waals surface area contributed by atoms with Crippen molar-refractivity contribution in [3.63, 3.8) is 0 Å². The van der Waals surface area contributed by atoms with Crippen molar-refractivity contribution in [2.45, 2.75) is 19.6 Å². The van der Waals surface area contributed by atoms with Crippen LogP contribution in [0.2, 0.25) is 4.47 Å². The molecule has 1 atom stereocenters. The quantitative estimate of drug-likeness (QED) is 0.261. The van der Waals surface area contributed by atoms with E-state index in [1.54, 1.807) is 6.20 Å². The Labute approximate surface area is 186 Å². The van der Waals surface area contributed by atoms with Gasteiger partial charge in [0.2, 0.25) is 6.23 Å². The minimum atomic E-state index is -0.467. The second-order valence-electron chi connectivity index (χ2n) is 6.46. The minimum absolute atomic E-state index is 0.317. The van der Waals surface area contributed by atoms with Crippen LogP contribution in [0.25, 0.3) is 22.2 Å². The van der Waals surface area contributed by atoms with Crippen LogP contribution in [-0.2, 0) is 6.42 Å². The number of hydrogen-bond donors (Lipinski definition) is 0. The van der Waals surface area contributed by atoms with Crippen LogP contribution in [0.15, 0.2) is 45.5 Å². The molecule has 0 spiro atoms. The van der Waals surface area contributed by atoms with Gasteiger partial charge < -0.3 is 4.74 Å². The van der Waals surface area contributed by atoms with Gasteiger partial charge in [-0.2, -0.15) is 0 Å². The van der Waals surface area contributed by atoms with Gasteiger partial charge in [-0.25, -0.2) is 9.37 Å². The highest BCUT2D eigenvalue weighted by atomic mass is 79.9. The van der Waals surface area contributed by atoms with E-state index < -0.39 is 6.23 Å². The number of fused-ring (bicyclic) bond motifs is 5. The Bertz CT molecular complexity index is 1250. The van der Waals surface area contributed by atoms with Crippen LogP contribution in [0.1, 0.15) is 23.6 Å². The first-order valence-electron chi connectivity index (χ1n) is 8.57. The van der Waals surface area contributed by atoms with E-state index in [0.29, 0.717) is 20.3 Å². The molecule has 0 bridgehead atoms. The van der Waals surface area contributed by atoms with Crippen LogP contribution in [0, 0.1) is 5.82 Å². The van der Waals surface area contributed by atoms with Crippen molar-refractivity contribution in [3.8, 4) is 17.0 Å². The Morgan fingerprint density at radius 3 is 2.79 bits per heavy atom. The molecule has 0 saturated carbocycles. The van der Waals surface area contributed by atoms with Crippen molar-refractivity contribution < 1.29 is 9.13 Å². The molecule has 0 radical (unpaired) electrons. The Morgan fingerprint density at radius 1 is 1.25 bits per heavy atom. The average Bonchev–Trinajstić information content (AvgIpc) is 3.21. The molecule has 2 aromatic carbocycles. The molecular weight excluding hydrogens is 531 g/mol. The first-order valence-corrected chi connectivity index (χ1v) is 11.4. The summed E-state index contributed by atoms with van der Waals surface area (Å²) in [5.41, 5.74) is 3.40. The Balaban J connectivity index is 1.92. The number of thiazole rings is 1. The lowest BCUT2D eigenvalue weighted by molar-refractivity contribution is 0.175. The zero-order chi connectivity index (χ0) is 19.6. The molecule has 1 unspecified atom stereocenters. The van der Waals surface area contributed by atoms with Gasteiger partial charge in [0.25, 0.3) is 0 Å². The van der Waals surface area contributed by atoms with E-state index in [1.165, 1.54) is 17.4 Å². The van der Waals surface area contributed by atoms with Crippen LogP contribution in [-0.4, -0.2) is 9.55 Å². The van der Waals surface area contributed by atoms with Crippen molar-refractivity contribution in [1.82, 2.24) is 9.55 Å². The van der Waals surface area contributed by atoms with Gasteiger partial charge in [-0.05, 0) is 42.3 Å². The van der Waals surface area contributed by atoms with Gasteiger partial charge in [-0.3, -0.25) is 4.57 Å². The zero-order valence-electron chi connectivity index (χ0n) is 14.5. The number of aromatic nitrogens is 2. The van der Waals surface area contributed by atoms with Crippen LogP contribution >= 0.6 is 54.8 Å². The van der Waals surface area contributed by atoms with E-state index in [0.717, 1.165) is 37.9 Å². The number of nitrogens with zero attached hydrogens (tertiary/aromatic N) is 2. The third-order valence-corrected chi connectivity index (χ3v) is 6.99. The summed E-state index contributed by atoms with van der Waals surface area (Å²) in [7, 11) is 0. The number of aryl methyl sites for hydroxylation is 1. The van der Waals surface area contributed by atoms with Gasteiger partial charge in [0, 0.05) is 20.5 Å². The number of benzene rings is 2. The van der Waals surface area contributed by atoms with Gasteiger partial charge in [0.05, 0.1) is 21.7 Å². The fourth-order valence-electron chi connectivity index (χ4n) is 3.84. The third kappa shape index (κ3) is 2.75. The van der Waals surface area contributed by atoms with Gasteiger partial charge in [-0.1, -0.05) is 50.4 Å². The molecule has 3 nitrogen and oxygen atoms in total. The first-order chi connectivity index (χ1) is 13.5. The summed E-state index contributed by atoms with van der Waals surface area (Å²) in [5.74, 6) is 0.188. The van der Waals surface area contributed by atoms with E-state index in [9.17, 15) is 0 Å². The molecule has 0 fully saturated rings. The lowest BCUT2D eigenvalue weighted by atomic mass is 10.0. The monoisotopic (exact) mass is 540 g/mol. The standard InChI is InChI=1S/C20H12Br2ClFN2OS/c1-2-11-12-5-9(21)3-4-14(12)26-18(11)17-13(24)6-10(22)7-15(17)27-19(26)16-8-25-20(23)28-16/h3-8,19H,2H2,1H3. The molecule has 28 heavy (non-hydrogen) atoms. The van der Waals surface area contributed by atoms with Crippen molar-refractivity contribution in [2.75, 3.05) is 0 Å². The van der Waals surface area contributed by atoms with E-state index in [2.05, 4.69) is 54.4 Å². The number of ether oxygens (including phenoxy) is 1. The van der Waals surface area contributed by atoms with Gasteiger partial charge in [0.15, 0.2) is 4.47 Å². The second kappa shape index (κ2) is 6.83. The summed E-state index contributed by atoms with van der Waals surface area (Å²) >= 11 is 14.4. The summed E-state index contributed by atoms with van der Waals surface area (Å²) < 4.78 is 25.5. The van der Waals surface area contributed by atoms with Crippen LogP contribution < -0.4 is 4.74 Å². The topological polar surface area (TPSA) is 27.1 Å². The Hall–Kier alpha value is -1.41. The molecule has 8 heteroatoms. The third-order valence-electron chi connectivity index (χ3n) is 4.89. The highest BCUT2D eigenvalue weighted by Crippen LogP contribution is 2.49. The molecule has 5 rings (SSSR count). The van der Waals surface area contributed by atoms with E-state index in [1.807, 2.05) is 18.2 Å². The Morgan fingerprint density at radius 2 is 2.07 bits per heavy atom. The van der Waals surface area contributed by atoms with Crippen molar-refractivity contribution in [2.24, 2.45) is 0 Å². The van der Waals surface area contributed by atoms with Crippen LogP contribution in [0.3, 0.4) is 0 Å². The lowest BCUT2D eigenvalue weighted by Crippen LogP contribution is -2.22. The van der Waals surface area contributed by atoms with Gasteiger partial charge >= 0.3 is 0 Å². The second-order valence-corrected chi connectivity index (χ2v) is 9.93. The first kappa shape index (κ1) is 18.6. The predicted octanol–water partition coefficient (Wildman–Crippen LogP) is 7.58. The molecule has 1 aliphatic rings. The maximum Gasteiger partial charge on any atom is 0.213 e. The molecule has 4 aromatic rings. The molecule has 2 aromatic heterocycles. The summed E-state index contributed by atoms with van der Waals surface area (Å²) in [6, 6.07) is 9.38. The number of halogens is 4. The zero-order valence-corrected chi connectivity index (χ0v) is 19.2. The van der Waals surface area contributed by atoms with Crippen LogP contribution in [0.4, 0.5) is 4.39 Å². The van der Waals surface area contributed by atoms with E-state index in [-0.39, 0.29) is 5.82 Å². The molecule has 1 aliphatic heterocycles. The van der Waals surface area contributed by atoms with Crippen molar-refractivity contribution in [1.29, 1.82) is 0 Å². The smallest absolute Gasteiger partial charge is 0.213 e. The molecule has 0 saturated heterocycles. The van der Waals surface area contributed by atoms with Gasteiger partial charge in [0.1, 0.15) is 11.6 Å². The van der Waals surface area contributed by atoms with E-state index in [4.69, 9.17) is 16.3 Å². The SMILES string of the molecule is CCc1c2n(c3ccc(Br)cc13)C(c1cnc(Cl)s1)Oc1cc(Br)cc(F)c1-2. The maximum atomic E-state index is 15.1. The number of rotatable bonds is 2. The molecule has 142 valence electrons. The molecule has 0 N–H and O–H groups in total. The summed E-state index contributed by atoms with van der Waals surface area (Å²) in [6.07, 6.45) is 2.02. The largest absolute Gasteiger partial charge is 0.464 e. The maximum absolute atomic E-state index is 15.1. The molecular formula is C20H12Br2ClFN2OS. The lowest BCUT2D eigenvalue weighted by Gasteiger charge is -2.30. The van der Waals surface area contributed by atoms with Gasteiger partial charge in [-0.15, -0.1) is 11.3 Å². The summed E-state index contributed by atoms with van der Waals surface area (Å²) in [5, 5.41) is 1.08. The predicted molar refractivity (Wildman–Crippen MR) is 118 cm³/mol. The molecule has 0 amide bonds. The van der Waals surface area contributed by atoms with E-state index >= 15 is 4.39 Å². The molecule has 0 aliphatic carbocycles. The highest BCUT2D eigenvalue weighted by Gasteiger charge is 2.34. The summed E-state index contributed by atoms with van der Waals surface area (Å²) in [4.78, 5) is 5.04. The number of hydrogen-bond acceptors (Lipinski definition) is 3. The van der Waals surface area contributed by atoms with Crippen LogP contribution in [0.5, 0.6) is 5.75 Å². The fourth-order valence-corrected chi connectivity index (χ4v) is 5.58. The average molecular weight is 543 g/mol.